The minimum Gasteiger partial charge on any atom is -0.436 e. The van der Waals surface area contributed by atoms with Crippen LogP contribution in [0.25, 0.3) is 133 Å². The average Bonchev–Trinajstić information content (AvgIpc) is 4.22. The van der Waals surface area contributed by atoms with Crippen LogP contribution in [0.1, 0.15) is 5.56 Å². The fourth-order valence-electron chi connectivity index (χ4n) is 11.1. The summed E-state index contributed by atoms with van der Waals surface area (Å²) in [6, 6.07) is 52.5. The molecule has 0 radical (unpaired) electrons. The quantitative estimate of drug-likeness (QED) is 0.169. The number of nitriles is 1. The van der Waals surface area contributed by atoms with Gasteiger partial charge in [-0.1, -0.05) is 84.9 Å². The van der Waals surface area contributed by atoms with E-state index < -0.39 is 0 Å². The van der Waals surface area contributed by atoms with Crippen molar-refractivity contribution in [1.82, 2.24) is 43.2 Å². The molecule has 0 bridgehead atoms. The number of hydrogen-bond donors (Lipinski definition) is 0. The minimum atomic E-state index is 0.285. The van der Waals surface area contributed by atoms with Gasteiger partial charge in [0, 0.05) is 67.9 Å². The maximum absolute atomic E-state index is 12.4. The number of para-hydroxylation sites is 6. The lowest BCUT2D eigenvalue weighted by Crippen LogP contribution is -2.17. The Labute approximate surface area is 390 Å². The zero-order chi connectivity index (χ0) is 45.3. The number of hydrogen-bond acceptors (Lipinski definition) is 7. The van der Waals surface area contributed by atoms with E-state index >= 15 is 0 Å². The molecule has 0 N–H and O–H groups in total. The summed E-state index contributed by atoms with van der Waals surface area (Å²) in [5.41, 5.74) is 11.9. The molecule has 0 spiro atoms. The Bertz CT molecular complexity index is 4470. The second-order valence-corrected chi connectivity index (χ2v) is 17.2. The van der Waals surface area contributed by atoms with E-state index in [-0.39, 0.29) is 5.89 Å². The largest absolute Gasteiger partial charge is 0.436 e. The van der Waals surface area contributed by atoms with Crippen molar-refractivity contribution < 1.29 is 4.42 Å². The molecule has 15 rings (SSSR count). The average molecular weight is 885 g/mol. The number of oxazole rings is 1. The predicted molar refractivity (Wildman–Crippen MR) is 273 cm³/mol. The molecule has 0 saturated carbocycles. The highest BCUT2D eigenvalue weighted by Gasteiger charge is 2.36. The summed E-state index contributed by atoms with van der Waals surface area (Å²) >= 11 is 0. The van der Waals surface area contributed by atoms with Crippen LogP contribution >= 0.6 is 0 Å². The van der Waals surface area contributed by atoms with E-state index in [1.54, 1.807) is 0 Å². The highest BCUT2D eigenvalue weighted by atomic mass is 16.3. The summed E-state index contributed by atoms with van der Waals surface area (Å²) in [6.07, 6.45) is 15.0. The lowest BCUT2D eigenvalue weighted by molar-refractivity contribution is 0.619. The van der Waals surface area contributed by atoms with Crippen molar-refractivity contribution >= 4 is 98.3 Å². The van der Waals surface area contributed by atoms with Gasteiger partial charge >= 0.3 is 0 Å². The lowest BCUT2D eigenvalue weighted by atomic mass is 9.97. The van der Waals surface area contributed by atoms with Crippen molar-refractivity contribution in [2.75, 3.05) is 0 Å². The van der Waals surface area contributed by atoms with E-state index in [1.807, 2.05) is 86.0 Å². The molecule has 0 amide bonds. The van der Waals surface area contributed by atoms with Crippen molar-refractivity contribution in [2.24, 2.45) is 0 Å². The number of benzene rings is 6. The zero-order valence-electron chi connectivity index (χ0n) is 36.4. The number of aromatic nitrogens is 9. The van der Waals surface area contributed by atoms with Gasteiger partial charge in [0.15, 0.2) is 5.58 Å². The standard InChI is InChI=1S/C58H32N10O/c59-29-42-53(58-64-43-15-5-10-20-52(43)69-58)55(66-45-17-7-2-12-35(45)39-22-26-61-31-49(39)66)57(68-47-19-9-4-14-37(47)41-24-28-63-33-51(41)68)56(67-46-18-8-3-13-36(46)40-23-27-62-32-50(40)67)54(42)65-44-16-6-1-11-34(44)38-21-25-60-30-48(38)65/h1-28,30-33H. The van der Waals surface area contributed by atoms with Gasteiger partial charge in [0.05, 0.1) is 103 Å². The van der Waals surface area contributed by atoms with Crippen LogP contribution in [0.2, 0.25) is 0 Å². The van der Waals surface area contributed by atoms with E-state index in [0.717, 1.165) is 92.9 Å². The molecule has 11 nitrogen and oxygen atoms in total. The Morgan fingerprint density at radius 3 is 1.13 bits per heavy atom. The van der Waals surface area contributed by atoms with Crippen LogP contribution in [-0.2, 0) is 0 Å². The molecule has 9 heterocycles. The Hall–Kier alpha value is -9.92. The molecule has 11 heteroatoms. The Balaban J connectivity index is 1.33. The fraction of sp³-hybridized carbons (Fsp3) is 0. The van der Waals surface area contributed by atoms with Gasteiger partial charge in [0.2, 0.25) is 5.89 Å². The third-order valence-corrected chi connectivity index (χ3v) is 13.8. The van der Waals surface area contributed by atoms with E-state index in [4.69, 9.17) is 29.3 Å². The predicted octanol–water partition coefficient (Wildman–Crippen LogP) is 13.3. The van der Waals surface area contributed by atoms with Gasteiger partial charge in [-0.25, -0.2) is 4.98 Å². The molecule has 15 aromatic rings. The summed E-state index contributed by atoms with van der Waals surface area (Å²) in [4.78, 5) is 24.5. The molecule has 320 valence electrons. The molecular weight excluding hydrogens is 853 g/mol. The molecular formula is C58H32N10O. The number of fused-ring (bicyclic) bond motifs is 13. The maximum atomic E-state index is 12.4. The minimum absolute atomic E-state index is 0.285. The summed E-state index contributed by atoms with van der Waals surface area (Å²) in [5.74, 6) is 0.285. The Morgan fingerprint density at radius 2 is 0.710 bits per heavy atom. The summed E-state index contributed by atoms with van der Waals surface area (Å²) in [7, 11) is 0. The van der Waals surface area contributed by atoms with Gasteiger partial charge in [0.1, 0.15) is 11.6 Å². The summed E-state index contributed by atoms with van der Waals surface area (Å²) < 4.78 is 16.0. The van der Waals surface area contributed by atoms with Gasteiger partial charge in [-0.05, 0) is 60.7 Å². The van der Waals surface area contributed by atoms with E-state index in [1.165, 1.54) is 0 Å². The van der Waals surface area contributed by atoms with Crippen molar-refractivity contribution in [3.05, 3.63) is 201 Å². The van der Waals surface area contributed by atoms with Crippen LogP contribution in [0.4, 0.5) is 0 Å². The van der Waals surface area contributed by atoms with Crippen LogP contribution < -0.4 is 0 Å². The van der Waals surface area contributed by atoms with Gasteiger partial charge in [-0.2, -0.15) is 5.26 Å². The molecule has 6 aromatic carbocycles. The molecule has 0 unspecified atom stereocenters. The molecule has 0 aliphatic rings. The van der Waals surface area contributed by atoms with Gasteiger partial charge < -0.3 is 22.7 Å². The molecule has 0 aliphatic carbocycles. The summed E-state index contributed by atoms with van der Waals surface area (Å²) in [5, 5.41) is 20.5. The third-order valence-electron chi connectivity index (χ3n) is 13.8. The molecule has 0 atom stereocenters. The van der Waals surface area contributed by atoms with Crippen LogP contribution in [0, 0.1) is 11.3 Å². The van der Waals surface area contributed by atoms with E-state index in [0.29, 0.717) is 39.3 Å². The van der Waals surface area contributed by atoms with E-state index in [9.17, 15) is 5.26 Å². The molecule has 69 heavy (non-hydrogen) atoms. The SMILES string of the molecule is N#Cc1c(-c2nc3ccccc3o2)c(-n2c3ccccc3c3ccncc32)c(-n2c3ccccc3c3ccncc32)c(-n2c3ccccc3c3ccncc32)c1-n1c2ccccc2c2ccncc21. The normalized spacial score (nSPS) is 12.0. The Morgan fingerprint density at radius 1 is 0.362 bits per heavy atom. The van der Waals surface area contributed by atoms with Crippen molar-refractivity contribution in [2.45, 2.75) is 0 Å². The van der Waals surface area contributed by atoms with Gasteiger partial charge in [0.25, 0.3) is 0 Å². The van der Waals surface area contributed by atoms with E-state index in [2.05, 4.69) is 134 Å². The molecule has 0 saturated heterocycles. The number of pyridine rings is 4. The monoisotopic (exact) mass is 884 g/mol. The van der Waals surface area contributed by atoms with Crippen molar-refractivity contribution in [3.63, 3.8) is 0 Å². The number of nitrogens with zero attached hydrogens (tertiary/aromatic N) is 10. The fourth-order valence-corrected chi connectivity index (χ4v) is 11.1. The first-order chi connectivity index (χ1) is 34.3. The number of rotatable bonds is 5. The highest BCUT2D eigenvalue weighted by Crippen LogP contribution is 2.51. The molecule has 0 aliphatic heterocycles. The van der Waals surface area contributed by atoms with Crippen LogP contribution in [0.5, 0.6) is 0 Å². The maximum Gasteiger partial charge on any atom is 0.230 e. The smallest absolute Gasteiger partial charge is 0.230 e. The van der Waals surface area contributed by atoms with Crippen LogP contribution in [-0.4, -0.2) is 43.2 Å². The van der Waals surface area contributed by atoms with Gasteiger partial charge in [-0.15, -0.1) is 0 Å². The molecule has 9 aromatic heterocycles. The van der Waals surface area contributed by atoms with Crippen LogP contribution in [0.15, 0.2) is 200 Å². The van der Waals surface area contributed by atoms with Crippen molar-refractivity contribution in [1.29, 1.82) is 5.26 Å². The first kappa shape index (κ1) is 37.3. The Kier molecular flexibility index (Phi) is 7.59. The highest BCUT2D eigenvalue weighted by molar-refractivity contribution is 6.16. The second-order valence-electron chi connectivity index (χ2n) is 17.2. The topological polar surface area (TPSA) is 121 Å². The zero-order valence-corrected chi connectivity index (χ0v) is 36.4. The third kappa shape index (κ3) is 5.00. The first-order valence-corrected chi connectivity index (χ1v) is 22.6. The van der Waals surface area contributed by atoms with Gasteiger partial charge in [-0.3, -0.25) is 19.9 Å². The van der Waals surface area contributed by atoms with Crippen molar-refractivity contribution in [3.8, 4) is 40.3 Å². The summed E-state index contributed by atoms with van der Waals surface area (Å²) in [6.45, 7) is 0. The molecule has 0 fully saturated rings. The first-order valence-electron chi connectivity index (χ1n) is 22.6. The lowest BCUT2D eigenvalue weighted by Gasteiger charge is -2.28. The second kappa shape index (κ2) is 14.0. The van der Waals surface area contributed by atoms with Crippen LogP contribution in [0.3, 0.4) is 0 Å².